The van der Waals surface area contributed by atoms with Gasteiger partial charge in [0.05, 0.1) is 5.71 Å². The molecule has 0 radical (unpaired) electrons. The van der Waals surface area contributed by atoms with Crippen molar-refractivity contribution in [2.75, 3.05) is 0 Å². The smallest absolute Gasteiger partial charge is 0.0834 e. The van der Waals surface area contributed by atoms with Gasteiger partial charge in [-0.2, -0.15) is 0 Å². The fourth-order valence-electron chi connectivity index (χ4n) is 2.55. The summed E-state index contributed by atoms with van der Waals surface area (Å²) in [5, 5.41) is 12.1. The summed E-state index contributed by atoms with van der Waals surface area (Å²) in [6, 6.07) is 0. The van der Waals surface area contributed by atoms with E-state index >= 15 is 0 Å². The minimum atomic E-state index is 0.357. The highest BCUT2D eigenvalue weighted by Gasteiger charge is 2.60. The van der Waals surface area contributed by atoms with Gasteiger partial charge < -0.3 is 5.21 Å². The number of fused-ring (bicyclic) bond motifs is 1. The predicted octanol–water partition coefficient (Wildman–Crippen LogP) is 2.44. The average molecular weight is 165 g/mol. The Morgan fingerprint density at radius 3 is 2.83 bits per heavy atom. The number of nitrogens with zero attached hydrogens (tertiary/aromatic N) is 1. The molecule has 0 bridgehead atoms. The molecule has 2 rings (SSSR count). The largest absolute Gasteiger partial charge is 0.411 e. The van der Waals surface area contributed by atoms with Crippen LogP contribution in [-0.4, -0.2) is 10.9 Å². The number of allylic oxidation sites excluding steroid dienone is 2. The summed E-state index contributed by atoms with van der Waals surface area (Å²) in [5.41, 5.74) is 2.58. The van der Waals surface area contributed by atoms with Gasteiger partial charge in [0.1, 0.15) is 0 Å². The molecule has 0 saturated heterocycles. The summed E-state index contributed by atoms with van der Waals surface area (Å²) in [5.74, 6) is 1.22. The normalized spacial score (nSPS) is 40.6. The van der Waals surface area contributed by atoms with Gasteiger partial charge in [-0.15, -0.1) is 0 Å². The van der Waals surface area contributed by atoms with Crippen LogP contribution < -0.4 is 0 Å². The summed E-state index contributed by atoms with van der Waals surface area (Å²) in [6.07, 6.45) is 3.20. The topological polar surface area (TPSA) is 32.6 Å². The SMILES string of the molecule is CC1=C/C(=N/O)[C@@H]2[C@H](C1)C2(C)C. The van der Waals surface area contributed by atoms with E-state index in [4.69, 9.17) is 5.21 Å². The number of oxime groups is 1. The van der Waals surface area contributed by atoms with E-state index in [9.17, 15) is 0 Å². The van der Waals surface area contributed by atoms with Gasteiger partial charge in [-0.05, 0) is 30.8 Å². The average Bonchev–Trinajstić information content (AvgIpc) is 2.53. The van der Waals surface area contributed by atoms with E-state index in [0.717, 1.165) is 5.71 Å². The molecule has 1 N–H and O–H groups in total. The molecule has 2 aliphatic carbocycles. The number of hydrogen-bond donors (Lipinski definition) is 1. The van der Waals surface area contributed by atoms with Crippen molar-refractivity contribution in [1.82, 2.24) is 0 Å². The Labute approximate surface area is 73.0 Å². The lowest BCUT2D eigenvalue weighted by molar-refractivity contribution is 0.316. The number of hydrogen-bond acceptors (Lipinski definition) is 2. The first-order chi connectivity index (χ1) is 5.57. The van der Waals surface area contributed by atoms with Crippen molar-refractivity contribution in [1.29, 1.82) is 0 Å². The molecule has 0 amide bonds. The van der Waals surface area contributed by atoms with Gasteiger partial charge in [-0.1, -0.05) is 24.6 Å². The maximum atomic E-state index is 8.78. The monoisotopic (exact) mass is 165 g/mol. The second-order valence-electron chi connectivity index (χ2n) is 4.63. The fraction of sp³-hybridized carbons (Fsp3) is 0.700. The fourth-order valence-corrected chi connectivity index (χ4v) is 2.55. The molecule has 0 aromatic carbocycles. The van der Waals surface area contributed by atoms with E-state index in [1.807, 2.05) is 6.08 Å². The molecule has 0 heterocycles. The summed E-state index contributed by atoms with van der Waals surface area (Å²) in [4.78, 5) is 0. The molecule has 0 unspecified atom stereocenters. The van der Waals surface area contributed by atoms with E-state index in [0.29, 0.717) is 17.3 Å². The van der Waals surface area contributed by atoms with Crippen LogP contribution in [0.15, 0.2) is 16.8 Å². The van der Waals surface area contributed by atoms with Crippen LogP contribution in [0.1, 0.15) is 27.2 Å². The third-order valence-corrected chi connectivity index (χ3v) is 3.42. The van der Waals surface area contributed by atoms with Crippen LogP contribution in [-0.2, 0) is 0 Å². The van der Waals surface area contributed by atoms with Crippen LogP contribution in [0.2, 0.25) is 0 Å². The Kier molecular flexibility index (Phi) is 1.39. The van der Waals surface area contributed by atoms with Gasteiger partial charge in [-0.3, -0.25) is 0 Å². The van der Waals surface area contributed by atoms with Crippen molar-refractivity contribution in [2.24, 2.45) is 22.4 Å². The van der Waals surface area contributed by atoms with Crippen LogP contribution in [0.25, 0.3) is 0 Å². The zero-order chi connectivity index (χ0) is 8.93. The highest BCUT2D eigenvalue weighted by molar-refractivity contribution is 6.01. The van der Waals surface area contributed by atoms with Crippen molar-refractivity contribution in [3.05, 3.63) is 11.6 Å². The molecule has 2 nitrogen and oxygen atoms in total. The second kappa shape index (κ2) is 2.12. The molecule has 2 atom stereocenters. The predicted molar refractivity (Wildman–Crippen MR) is 48.4 cm³/mol. The lowest BCUT2D eigenvalue weighted by Crippen LogP contribution is -2.06. The third kappa shape index (κ3) is 0.838. The molecule has 2 aliphatic rings. The molecule has 1 fully saturated rings. The first-order valence-electron chi connectivity index (χ1n) is 4.46. The van der Waals surface area contributed by atoms with Gasteiger partial charge in [0.15, 0.2) is 0 Å². The van der Waals surface area contributed by atoms with Gasteiger partial charge in [-0.25, -0.2) is 0 Å². The van der Waals surface area contributed by atoms with Crippen molar-refractivity contribution in [3.8, 4) is 0 Å². The first kappa shape index (κ1) is 7.84. The molecule has 2 heteroatoms. The maximum Gasteiger partial charge on any atom is 0.0834 e. The van der Waals surface area contributed by atoms with E-state index in [-0.39, 0.29) is 0 Å². The van der Waals surface area contributed by atoms with Crippen LogP contribution in [0, 0.1) is 17.3 Å². The minimum absolute atomic E-state index is 0.357. The van der Waals surface area contributed by atoms with Gasteiger partial charge >= 0.3 is 0 Å². The van der Waals surface area contributed by atoms with Crippen molar-refractivity contribution in [2.45, 2.75) is 27.2 Å². The Morgan fingerprint density at radius 2 is 2.25 bits per heavy atom. The molecule has 66 valence electrons. The minimum Gasteiger partial charge on any atom is -0.411 e. The molecule has 0 spiro atoms. The number of rotatable bonds is 0. The molecular formula is C10H15NO. The van der Waals surface area contributed by atoms with Gasteiger partial charge in [0, 0.05) is 5.92 Å². The van der Waals surface area contributed by atoms with E-state index in [1.165, 1.54) is 12.0 Å². The summed E-state index contributed by atoms with van der Waals surface area (Å²) >= 11 is 0. The quantitative estimate of drug-likeness (QED) is 0.434. The Morgan fingerprint density at radius 1 is 1.58 bits per heavy atom. The highest BCUT2D eigenvalue weighted by Crippen LogP contribution is 2.63. The summed E-state index contributed by atoms with van der Waals surface area (Å²) in [6.45, 7) is 6.61. The van der Waals surface area contributed by atoms with Gasteiger partial charge in [0.2, 0.25) is 0 Å². The van der Waals surface area contributed by atoms with E-state index in [1.54, 1.807) is 0 Å². The molecule has 12 heavy (non-hydrogen) atoms. The van der Waals surface area contributed by atoms with Crippen LogP contribution in [0.4, 0.5) is 0 Å². The van der Waals surface area contributed by atoms with Gasteiger partial charge in [0.25, 0.3) is 0 Å². The third-order valence-electron chi connectivity index (χ3n) is 3.42. The molecule has 0 aliphatic heterocycles. The van der Waals surface area contributed by atoms with Crippen molar-refractivity contribution in [3.63, 3.8) is 0 Å². The van der Waals surface area contributed by atoms with Crippen LogP contribution in [0.5, 0.6) is 0 Å². The maximum absolute atomic E-state index is 8.78. The Balaban J connectivity index is 2.31. The van der Waals surface area contributed by atoms with E-state index < -0.39 is 0 Å². The van der Waals surface area contributed by atoms with Crippen molar-refractivity contribution >= 4 is 5.71 Å². The summed E-state index contributed by atoms with van der Waals surface area (Å²) < 4.78 is 0. The zero-order valence-corrected chi connectivity index (χ0v) is 7.83. The lowest BCUT2D eigenvalue weighted by Gasteiger charge is -2.07. The molecular weight excluding hydrogens is 150 g/mol. The van der Waals surface area contributed by atoms with E-state index in [2.05, 4.69) is 25.9 Å². The lowest BCUT2D eigenvalue weighted by atomic mass is 10.00. The Hall–Kier alpha value is -0.790. The van der Waals surface area contributed by atoms with Crippen LogP contribution >= 0.6 is 0 Å². The zero-order valence-electron chi connectivity index (χ0n) is 7.83. The Bertz CT molecular complexity index is 276. The molecule has 1 saturated carbocycles. The molecule has 0 aromatic rings. The van der Waals surface area contributed by atoms with Crippen LogP contribution in [0.3, 0.4) is 0 Å². The van der Waals surface area contributed by atoms with Crippen molar-refractivity contribution < 1.29 is 5.21 Å². The standard InChI is InChI=1S/C10H15NO/c1-6-4-7-9(10(7,2)3)8(5-6)11-12/h5,7,9,12H,4H2,1-3H3/b11-8-/t7-,9-/m0/s1. The molecule has 0 aromatic heterocycles. The highest BCUT2D eigenvalue weighted by atomic mass is 16.4. The first-order valence-corrected chi connectivity index (χ1v) is 4.46. The second-order valence-corrected chi connectivity index (χ2v) is 4.63. The summed E-state index contributed by atoms with van der Waals surface area (Å²) in [7, 11) is 0.